The molecule has 0 spiro atoms. The first-order chi connectivity index (χ1) is 10.4. The molecule has 0 aliphatic rings. The number of benzene rings is 2. The van der Waals surface area contributed by atoms with Gasteiger partial charge in [-0.05, 0) is 24.6 Å². The maximum atomic E-state index is 12.6. The molecule has 2 aromatic rings. The number of aryl methyl sites for hydroxylation is 1. The van der Waals surface area contributed by atoms with Crippen molar-refractivity contribution in [3.05, 3.63) is 78.4 Å². The molecule has 0 saturated heterocycles. The fourth-order valence-electron chi connectivity index (χ4n) is 2.16. The minimum atomic E-state index is -3.79. The monoisotopic (exact) mass is 317 g/mol. The van der Waals surface area contributed by atoms with Crippen LogP contribution in [0, 0.1) is 6.92 Å². The summed E-state index contributed by atoms with van der Waals surface area (Å²) >= 11 is 0. The summed E-state index contributed by atoms with van der Waals surface area (Å²) in [6, 6.07) is 15.4. The highest BCUT2D eigenvalue weighted by atomic mass is 32.2. The standard InChI is InChI=1S/C17H19NO3S/c1-3-17(13-19,15-7-5-4-6-8-15)18-22(20,21)16-11-9-14(2)10-12-16/h3-12,18-19H,1,13H2,2H3/t17-/m0/s1. The molecule has 116 valence electrons. The lowest BCUT2D eigenvalue weighted by Gasteiger charge is -2.30. The van der Waals surface area contributed by atoms with Crippen LogP contribution < -0.4 is 4.72 Å². The zero-order chi connectivity index (χ0) is 16.2. The highest BCUT2D eigenvalue weighted by Crippen LogP contribution is 2.25. The van der Waals surface area contributed by atoms with Crippen LogP contribution in [-0.2, 0) is 15.6 Å². The Morgan fingerprint density at radius 3 is 2.23 bits per heavy atom. The highest BCUT2D eigenvalue weighted by molar-refractivity contribution is 7.89. The fraction of sp³-hybridized carbons (Fsp3) is 0.176. The summed E-state index contributed by atoms with van der Waals surface area (Å²) in [6.45, 7) is 5.14. The highest BCUT2D eigenvalue weighted by Gasteiger charge is 2.33. The molecule has 0 saturated carbocycles. The topological polar surface area (TPSA) is 66.4 Å². The minimum Gasteiger partial charge on any atom is -0.394 e. The first-order valence-electron chi connectivity index (χ1n) is 6.84. The molecule has 2 N–H and O–H groups in total. The molecule has 0 aliphatic carbocycles. The number of hydrogen-bond donors (Lipinski definition) is 2. The van der Waals surface area contributed by atoms with Crippen molar-refractivity contribution in [1.29, 1.82) is 0 Å². The molecule has 22 heavy (non-hydrogen) atoms. The van der Waals surface area contributed by atoms with Crippen LogP contribution in [0.1, 0.15) is 11.1 Å². The summed E-state index contributed by atoms with van der Waals surface area (Å²) in [6.07, 6.45) is 1.41. The summed E-state index contributed by atoms with van der Waals surface area (Å²) < 4.78 is 27.7. The third kappa shape index (κ3) is 3.27. The molecular weight excluding hydrogens is 298 g/mol. The van der Waals surface area contributed by atoms with Crippen molar-refractivity contribution < 1.29 is 13.5 Å². The second-order valence-corrected chi connectivity index (χ2v) is 6.80. The van der Waals surface area contributed by atoms with E-state index < -0.39 is 22.2 Å². The number of aliphatic hydroxyl groups is 1. The maximum absolute atomic E-state index is 12.6. The van der Waals surface area contributed by atoms with Crippen molar-refractivity contribution in [2.45, 2.75) is 17.4 Å². The van der Waals surface area contributed by atoms with Crippen LogP contribution in [0.2, 0.25) is 0 Å². The lowest BCUT2D eigenvalue weighted by Crippen LogP contribution is -2.47. The molecule has 0 aromatic heterocycles. The van der Waals surface area contributed by atoms with E-state index in [9.17, 15) is 13.5 Å². The molecule has 4 nitrogen and oxygen atoms in total. The molecule has 5 heteroatoms. The maximum Gasteiger partial charge on any atom is 0.241 e. The summed E-state index contributed by atoms with van der Waals surface area (Å²) in [7, 11) is -3.79. The van der Waals surface area contributed by atoms with Crippen molar-refractivity contribution in [3.63, 3.8) is 0 Å². The van der Waals surface area contributed by atoms with Gasteiger partial charge in [-0.3, -0.25) is 0 Å². The summed E-state index contributed by atoms with van der Waals surface area (Å²) in [5.74, 6) is 0. The van der Waals surface area contributed by atoms with Gasteiger partial charge in [0.05, 0.1) is 17.0 Å². The molecule has 0 amide bonds. The van der Waals surface area contributed by atoms with Crippen LogP contribution in [0.5, 0.6) is 0 Å². The van der Waals surface area contributed by atoms with Crippen LogP contribution in [0.3, 0.4) is 0 Å². The molecule has 0 heterocycles. The van der Waals surface area contributed by atoms with Crippen molar-refractivity contribution >= 4 is 10.0 Å². The van der Waals surface area contributed by atoms with Gasteiger partial charge in [-0.2, -0.15) is 4.72 Å². The van der Waals surface area contributed by atoms with E-state index in [0.29, 0.717) is 5.56 Å². The second kappa shape index (κ2) is 6.44. The smallest absolute Gasteiger partial charge is 0.241 e. The van der Waals surface area contributed by atoms with Crippen LogP contribution in [0.15, 0.2) is 72.1 Å². The van der Waals surface area contributed by atoms with Gasteiger partial charge >= 0.3 is 0 Å². The van der Waals surface area contributed by atoms with E-state index in [-0.39, 0.29) is 4.90 Å². The second-order valence-electron chi connectivity index (χ2n) is 5.12. The third-order valence-corrected chi connectivity index (χ3v) is 5.06. The molecule has 0 aliphatic heterocycles. The normalized spacial score (nSPS) is 14.3. The Morgan fingerprint density at radius 2 is 1.73 bits per heavy atom. The van der Waals surface area contributed by atoms with Crippen molar-refractivity contribution in [3.8, 4) is 0 Å². The molecule has 2 aromatic carbocycles. The first kappa shape index (κ1) is 16.4. The van der Waals surface area contributed by atoms with E-state index >= 15 is 0 Å². The Morgan fingerprint density at radius 1 is 1.14 bits per heavy atom. The summed E-state index contributed by atoms with van der Waals surface area (Å²) in [5.41, 5.74) is 0.340. The largest absolute Gasteiger partial charge is 0.394 e. The Hall–Kier alpha value is -1.95. The molecule has 2 rings (SSSR count). The van der Waals surface area contributed by atoms with E-state index in [1.54, 1.807) is 36.4 Å². The average molecular weight is 317 g/mol. The van der Waals surface area contributed by atoms with Gasteiger partial charge in [-0.15, -0.1) is 6.58 Å². The Balaban J connectivity index is 2.43. The zero-order valence-corrected chi connectivity index (χ0v) is 13.2. The Kier molecular flexibility index (Phi) is 4.81. The van der Waals surface area contributed by atoms with Gasteiger partial charge in [0.25, 0.3) is 0 Å². The lowest BCUT2D eigenvalue weighted by atomic mass is 9.92. The summed E-state index contributed by atoms with van der Waals surface area (Å²) in [5, 5.41) is 9.79. The van der Waals surface area contributed by atoms with Gasteiger partial charge in [0.1, 0.15) is 0 Å². The molecule has 0 radical (unpaired) electrons. The molecule has 0 unspecified atom stereocenters. The van der Waals surface area contributed by atoms with Crippen molar-refractivity contribution in [1.82, 2.24) is 4.72 Å². The predicted octanol–water partition coefficient (Wildman–Crippen LogP) is 2.35. The van der Waals surface area contributed by atoms with Gasteiger partial charge in [0.2, 0.25) is 10.0 Å². The van der Waals surface area contributed by atoms with E-state index in [0.717, 1.165) is 5.56 Å². The SMILES string of the molecule is C=C[C@@](CO)(NS(=O)(=O)c1ccc(C)cc1)c1ccccc1. The van der Waals surface area contributed by atoms with E-state index in [1.165, 1.54) is 18.2 Å². The van der Waals surface area contributed by atoms with Gasteiger partial charge in [0.15, 0.2) is 0 Å². The van der Waals surface area contributed by atoms with Crippen LogP contribution in [0.4, 0.5) is 0 Å². The van der Waals surface area contributed by atoms with Gasteiger partial charge in [-0.25, -0.2) is 8.42 Å². The van der Waals surface area contributed by atoms with Crippen molar-refractivity contribution in [2.75, 3.05) is 6.61 Å². The quantitative estimate of drug-likeness (QED) is 0.804. The van der Waals surface area contributed by atoms with Gasteiger partial charge < -0.3 is 5.11 Å². The van der Waals surface area contributed by atoms with Gasteiger partial charge in [-0.1, -0.05) is 54.1 Å². The molecular formula is C17H19NO3S. The summed E-state index contributed by atoms with van der Waals surface area (Å²) in [4.78, 5) is 0.147. The number of rotatable bonds is 6. The number of sulfonamides is 1. The Bertz CT molecular complexity index is 739. The van der Waals surface area contributed by atoms with E-state index in [2.05, 4.69) is 11.3 Å². The number of hydrogen-bond acceptors (Lipinski definition) is 3. The molecule has 0 fully saturated rings. The Labute approximate surface area is 131 Å². The van der Waals surface area contributed by atoms with Crippen LogP contribution >= 0.6 is 0 Å². The fourth-order valence-corrected chi connectivity index (χ4v) is 3.52. The van der Waals surface area contributed by atoms with Crippen LogP contribution in [0.25, 0.3) is 0 Å². The van der Waals surface area contributed by atoms with E-state index in [4.69, 9.17) is 0 Å². The third-order valence-electron chi connectivity index (χ3n) is 3.53. The predicted molar refractivity (Wildman–Crippen MR) is 86.9 cm³/mol. The number of aliphatic hydroxyl groups excluding tert-OH is 1. The lowest BCUT2D eigenvalue weighted by molar-refractivity contribution is 0.216. The van der Waals surface area contributed by atoms with E-state index in [1.807, 2.05) is 13.0 Å². The molecule has 0 bridgehead atoms. The molecule has 1 atom stereocenters. The first-order valence-corrected chi connectivity index (χ1v) is 8.32. The zero-order valence-electron chi connectivity index (χ0n) is 12.4. The number of nitrogens with one attached hydrogen (secondary N) is 1. The average Bonchev–Trinajstić information content (AvgIpc) is 2.54. The minimum absolute atomic E-state index is 0.147. The van der Waals surface area contributed by atoms with Crippen molar-refractivity contribution in [2.24, 2.45) is 0 Å². The van der Waals surface area contributed by atoms with Gasteiger partial charge in [0, 0.05) is 0 Å². The van der Waals surface area contributed by atoms with Crippen LogP contribution in [-0.4, -0.2) is 20.1 Å².